The van der Waals surface area contributed by atoms with Crippen molar-refractivity contribution >= 4 is 17.5 Å². The highest BCUT2D eigenvalue weighted by molar-refractivity contribution is 6.30. The molecule has 23 heavy (non-hydrogen) atoms. The van der Waals surface area contributed by atoms with Crippen molar-refractivity contribution in [2.75, 3.05) is 19.6 Å². The molecule has 1 aliphatic heterocycles. The molecule has 1 unspecified atom stereocenters. The van der Waals surface area contributed by atoms with Crippen LogP contribution in [0.3, 0.4) is 0 Å². The van der Waals surface area contributed by atoms with Crippen LogP contribution in [0, 0.1) is 5.92 Å². The fraction of sp³-hybridized carbons (Fsp3) is 0.333. The van der Waals surface area contributed by atoms with E-state index in [1.807, 2.05) is 30.3 Å². The van der Waals surface area contributed by atoms with Gasteiger partial charge < -0.3 is 10.6 Å². The fourth-order valence-corrected chi connectivity index (χ4v) is 2.93. The largest absolute Gasteiger partial charge is 0.352 e. The maximum Gasteiger partial charge on any atom is 0.252 e. The first kappa shape index (κ1) is 16.0. The fourth-order valence-electron chi connectivity index (χ4n) is 2.80. The highest BCUT2D eigenvalue weighted by atomic mass is 35.5. The molecule has 1 aromatic heterocycles. The Morgan fingerprint density at radius 1 is 1.26 bits per heavy atom. The zero-order chi connectivity index (χ0) is 16.1. The number of carbonyl (C=O) groups excluding carboxylic acids is 1. The van der Waals surface area contributed by atoms with Crippen LogP contribution >= 0.6 is 11.6 Å². The third-order valence-corrected chi connectivity index (χ3v) is 4.38. The molecule has 1 aliphatic rings. The van der Waals surface area contributed by atoms with E-state index >= 15 is 0 Å². The van der Waals surface area contributed by atoms with Gasteiger partial charge in [0.25, 0.3) is 5.91 Å². The van der Waals surface area contributed by atoms with Crippen LogP contribution < -0.4 is 10.6 Å². The molecule has 2 aromatic rings. The summed E-state index contributed by atoms with van der Waals surface area (Å²) in [6.07, 6.45) is 5.70. The number of nitrogens with zero attached hydrogens (tertiary/aromatic N) is 1. The number of aromatic nitrogens is 1. The smallest absolute Gasteiger partial charge is 0.252 e. The maximum atomic E-state index is 12.3. The number of pyridine rings is 1. The predicted molar refractivity (Wildman–Crippen MR) is 92.6 cm³/mol. The Balaban J connectivity index is 1.66. The number of halogens is 1. The second kappa shape index (κ2) is 7.57. The summed E-state index contributed by atoms with van der Waals surface area (Å²) in [6.45, 7) is 2.76. The van der Waals surface area contributed by atoms with Crippen molar-refractivity contribution in [1.29, 1.82) is 0 Å². The van der Waals surface area contributed by atoms with E-state index in [-0.39, 0.29) is 5.91 Å². The monoisotopic (exact) mass is 329 g/mol. The minimum absolute atomic E-state index is 0.0705. The Morgan fingerprint density at radius 3 is 2.83 bits per heavy atom. The molecular weight excluding hydrogens is 310 g/mol. The van der Waals surface area contributed by atoms with Gasteiger partial charge in [-0.05, 0) is 55.6 Å². The van der Waals surface area contributed by atoms with Crippen LogP contribution in [0.1, 0.15) is 23.2 Å². The average molecular weight is 330 g/mol. The van der Waals surface area contributed by atoms with Gasteiger partial charge in [-0.1, -0.05) is 23.7 Å². The lowest BCUT2D eigenvalue weighted by Crippen LogP contribution is -2.38. The van der Waals surface area contributed by atoms with Gasteiger partial charge in [0, 0.05) is 29.5 Å². The van der Waals surface area contributed by atoms with Gasteiger partial charge in [0.2, 0.25) is 0 Å². The summed E-state index contributed by atoms with van der Waals surface area (Å²) in [5.41, 5.74) is 2.49. The third kappa shape index (κ3) is 4.30. The quantitative estimate of drug-likeness (QED) is 0.906. The molecule has 0 saturated carbocycles. The molecular formula is C18H20ClN3O. The van der Waals surface area contributed by atoms with Gasteiger partial charge in [0.05, 0.1) is 5.56 Å². The molecule has 1 amide bonds. The van der Waals surface area contributed by atoms with Gasteiger partial charge in [-0.15, -0.1) is 0 Å². The topological polar surface area (TPSA) is 54.0 Å². The number of amides is 1. The molecule has 0 bridgehead atoms. The number of carbonyl (C=O) groups is 1. The SMILES string of the molecule is O=C(NCC1CCCNC1)c1cncc(-c2ccc(Cl)cc2)c1. The summed E-state index contributed by atoms with van der Waals surface area (Å²) in [6, 6.07) is 9.38. The molecule has 0 aliphatic carbocycles. The Labute approximate surface area is 141 Å². The van der Waals surface area contributed by atoms with Crippen molar-refractivity contribution in [2.45, 2.75) is 12.8 Å². The average Bonchev–Trinajstić information content (AvgIpc) is 2.61. The minimum atomic E-state index is -0.0705. The van der Waals surface area contributed by atoms with Gasteiger partial charge in [0.1, 0.15) is 0 Å². The van der Waals surface area contributed by atoms with Gasteiger partial charge in [0.15, 0.2) is 0 Å². The molecule has 2 N–H and O–H groups in total. The number of rotatable bonds is 4. The number of benzene rings is 1. The van der Waals surface area contributed by atoms with E-state index in [1.54, 1.807) is 12.4 Å². The van der Waals surface area contributed by atoms with Crippen LogP contribution in [0.5, 0.6) is 0 Å². The Hall–Kier alpha value is -1.91. The van der Waals surface area contributed by atoms with Crippen LogP contribution in [-0.2, 0) is 0 Å². The van der Waals surface area contributed by atoms with Crippen molar-refractivity contribution in [3.05, 3.63) is 53.3 Å². The van der Waals surface area contributed by atoms with Crippen molar-refractivity contribution in [3.8, 4) is 11.1 Å². The van der Waals surface area contributed by atoms with E-state index in [9.17, 15) is 4.79 Å². The zero-order valence-corrected chi connectivity index (χ0v) is 13.6. The molecule has 3 rings (SSSR count). The summed E-state index contributed by atoms with van der Waals surface area (Å²) >= 11 is 5.91. The summed E-state index contributed by atoms with van der Waals surface area (Å²) in [4.78, 5) is 16.5. The molecule has 0 radical (unpaired) electrons. The Bertz CT molecular complexity index is 666. The van der Waals surface area contributed by atoms with Gasteiger partial charge in [-0.2, -0.15) is 0 Å². The summed E-state index contributed by atoms with van der Waals surface area (Å²) in [7, 11) is 0. The van der Waals surface area contributed by atoms with Crippen LogP contribution in [0.2, 0.25) is 5.02 Å². The van der Waals surface area contributed by atoms with Crippen molar-refractivity contribution < 1.29 is 4.79 Å². The van der Waals surface area contributed by atoms with E-state index in [1.165, 1.54) is 6.42 Å². The van der Waals surface area contributed by atoms with E-state index in [2.05, 4.69) is 15.6 Å². The van der Waals surface area contributed by atoms with Gasteiger partial charge >= 0.3 is 0 Å². The molecule has 5 heteroatoms. The lowest BCUT2D eigenvalue weighted by atomic mass is 9.99. The molecule has 1 fully saturated rings. The normalized spacial score (nSPS) is 17.7. The number of piperidine rings is 1. The lowest BCUT2D eigenvalue weighted by Gasteiger charge is -2.22. The third-order valence-electron chi connectivity index (χ3n) is 4.13. The second-order valence-corrected chi connectivity index (χ2v) is 6.33. The summed E-state index contributed by atoms with van der Waals surface area (Å²) in [5.74, 6) is 0.444. The van der Waals surface area contributed by atoms with E-state index in [0.717, 1.165) is 30.6 Å². The molecule has 4 nitrogen and oxygen atoms in total. The molecule has 120 valence electrons. The van der Waals surface area contributed by atoms with Gasteiger partial charge in [-0.3, -0.25) is 9.78 Å². The molecule has 1 aromatic carbocycles. The highest BCUT2D eigenvalue weighted by Gasteiger charge is 2.15. The van der Waals surface area contributed by atoms with Crippen molar-refractivity contribution in [3.63, 3.8) is 0 Å². The van der Waals surface area contributed by atoms with E-state index in [4.69, 9.17) is 11.6 Å². The Morgan fingerprint density at radius 2 is 2.09 bits per heavy atom. The summed E-state index contributed by atoms with van der Waals surface area (Å²) in [5, 5.41) is 7.07. The standard InChI is InChI=1S/C18H20ClN3O/c19-17-5-3-14(4-6-17)15-8-16(12-21-11-15)18(23)22-10-13-2-1-7-20-9-13/h3-6,8,11-13,20H,1-2,7,9-10H2,(H,22,23). The van der Waals surface area contributed by atoms with Gasteiger partial charge in [-0.25, -0.2) is 0 Å². The van der Waals surface area contributed by atoms with Crippen molar-refractivity contribution in [2.24, 2.45) is 5.92 Å². The van der Waals surface area contributed by atoms with Crippen LogP contribution in [0.25, 0.3) is 11.1 Å². The Kier molecular flexibility index (Phi) is 5.26. The molecule has 1 saturated heterocycles. The van der Waals surface area contributed by atoms with Crippen LogP contribution in [-0.4, -0.2) is 30.5 Å². The number of hydrogen-bond acceptors (Lipinski definition) is 3. The zero-order valence-electron chi connectivity index (χ0n) is 12.9. The maximum absolute atomic E-state index is 12.3. The van der Waals surface area contributed by atoms with Crippen LogP contribution in [0.4, 0.5) is 0 Å². The minimum Gasteiger partial charge on any atom is -0.352 e. The van der Waals surface area contributed by atoms with E-state index in [0.29, 0.717) is 23.0 Å². The molecule has 1 atom stereocenters. The first-order chi connectivity index (χ1) is 11.2. The number of nitrogens with one attached hydrogen (secondary N) is 2. The first-order valence-corrected chi connectivity index (χ1v) is 8.30. The van der Waals surface area contributed by atoms with E-state index < -0.39 is 0 Å². The molecule has 0 spiro atoms. The number of hydrogen-bond donors (Lipinski definition) is 2. The summed E-state index contributed by atoms with van der Waals surface area (Å²) < 4.78 is 0. The lowest BCUT2D eigenvalue weighted by molar-refractivity contribution is 0.0944. The predicted octanol–water partition coefficient (Wildman–Crippen LogP) is 3.13. The van der Waals surface area contributed by atoms with Crippen LogP contribution in [0.15, 0.2) is 42.7 Å². The molecule has 2 heterocycles. The first-order valence-electron chi connectivity index (χ1n) is 7.92. The van der Waals surface area contributed by atoms with Crippen molar-refractivity contribution in [1.82, 2.24) is 15.6 Å². The second-order valence-electron chi connectivity index (χ2n) is 5.89. The highest BCUT2D eigenvalue weighted by Crippen LogP contribution is 2.21.